The zero-order valence-corrected chi connectivity index (χ0v) is 16.2. The van der Waals surface area contributed by atoms with Crippen molar-refractivity contribution in [1.29, 1.82) is 0 Å². The van der Waals surface area contributed by atoms with Gasteiger partial charge in [0.05, 0.1) is 5.88 Å². The minimum absolute atomic E-state index is 0.0969. The van der Waals surface area contributed by atoms with Crippen LogP contribution in [0.15, 0.2) is 0 Å². The van der Waals surface area contributed by atoms with Crippen molar-refractivity contribution in [2.24, 2.45) is 0 Å². The van der Waals surface area contributed by atoms with Crippen molar-refractivity contribution in [2.45, 2.75) is 110 Å². The van der Waals surface area contributed by atoms with Gasteiger partial charge in [-0.05, 0) is 6.42 Å². The Hall–Kier alpha value is -0.240. The van der Waals surface area contributed by atoms with Gasteiger partial charge in [-0.3, -0.25) is 4.79 Å². The van der Waals surface area contributed by atoms with E-state index in [0.717, 1.165) is 12.8 Å². The Kier molecular flexibility index (Phi) is 19.6. The van der Waals surface area contributed by atoms with Gasteiger partial charge in [-0.1, -0.05) is 96.8 Å². The molecule has 0 aliphatic carbocycles. The van der Waals surface area contributed by atoms with Gasteiger partial charge in [0.1, 0.15) is 6.61 Å². The first-order chi connectivity index (χ1) is 11.3. The zero-order valence-electron chi connectivity index (χ0n) is 15.4. The lowest BCUT2D eigenvalue weighted by atomic mass is 10.0. The lowest BCUT2D eigenvalue weighted by Crippen LogP contribution is -2.06. The largest absolute Gasteiger partial charge is 0.464 e. The predicted octanol–water partition coefficient (Wildman–Crippen LogP) is 7.03. The SMILES string of the molecule is CCCCCCCCCCCCCCCCCC(=O)OCCCl. The van der Waals surface area contributed by atoms with Gasteiger partial charge in [0.2, 0.25) is 0 Å². The van der Waals surface area contributed by atoms with Gasteiger partial charge in [0.25, 0.3) is 0 Å². The summed E-state index contributed by atoms with van der Waals surface area (Å²) in [6, 6.07) is 0. The topological polar surface area (TPSA) is 26.3 Å². The molecule has 0 radical (unpaired) electrons. The van der Waals surface area contributed by atoms with Gasteiger partial charge >= 0.3 is 5.97 Å². The molecule has 0 atom stereocenters. The second kappa shape index (κ2) is 19.8. The second-order valence-electron chi connectivity index (χ2n) is 6.61. The first-order valence-corrected chi connectivity index (χ1v) is 10.6. The lowest BCUT2D eigenvalue weighted by molar-refractivity contribution is -0.143. The van der Waals surface area contributed by atoms with E-state index in [1.165, 1.54) is 83.5 Å². The van der Waals surface area contributed by atoms with Crippen molar-refractivity contribution >= 4 is 17.6 Å². The summed E-state index contributed by atoms with van der Waals surface area (Å²) in [5.41, 5.74) is 0. The summed E-state index contributed by atoms with van der Waals surface area (Å²) in [6.07, 6.45) is 20.7. The molecule has 0 saturated carbocycles. The van der Waals surface area contributed by atoms with Gasteiger partial charge in [0, 0.05) is 6.42 Å². The van der Waals surface area contributed by atoms with E-state index in [1.807, 2.05) is 0 Å². The second-order valence-corrected chi connectivity index (χ2v) is 6.99. The number of hydrogen-bond acceptors (Lipinski definition) is 2. The fourth-order valence-electron chi connectivity index (χ4n) is 2.87. The molecule has 0 heterocycles. The molecule has 0 amide bonds. The first-order valence-electron chi connectivity index (χ1n) is 10.0. The fourth-order valence-corrected chi connectivity index (χ4v) is 2.94. The van der Waals surface area contributed by atoms with Crippen LogP contribution in [0.5, 0.6) is 0 Å². The molecule has 0 aliphatic rings. The summed E-state index contributed by atoms with van der Waals surface area (Å²) in [6.45, 7) is 2.62. The number of ether oxygens (including phenoxy) is 1. The van der Waals surface area contributed by atoms with Crippen LogP contribution < -0.4 is 0 Å². The minimum atomic E-state index is -0.0969. The molecule has 0 saturated heterocycles. The number of carbonyl (C=O) groups is 1. The predicted molar refractivity (Wildman–Crippen MR) is 101 cm³/mol. The maximum atomic E-state index is 11.3. The van der Waals surface area contributed by atoms with E-state index in [9.17, 15) is 4.79 Å². The summed E-state index contributed by atoms with van der Waals surface area (Å²) >= 11 is 5.47. The lowest BCUT2D eigenvalue weighted by Gasteiger charge is -2.04. The first kappa shape index (κ1) is 22.8. The fraction of sp³-hybridized carbons (Fsp3) is 0.950. The Morgan fingerprint density at radius 1 is 0.696 bits per heavy atom. The van der Waals surface area contributed by atoms with E-state index < -0.39 is 0 Å². The van der Waals surface area contributed by atoms with E-state index >= 15 is 0 Å². The third-order valence-electron chi connectivity index (χ3n) is 4.32. The molecule has 0 aliphatic heterocycles. The number of esters is 1. The third-order valence-corrected chi connectivity index (χ3v) is 4.48. The smallest absolute Gasteiger partial charge is 0.305 e. The van der Waals surface area contributed by atoms with Crippen molar-refractivity contribution in [3.63, 3.8) is 0 Å². The summed E-state index contributed by atoms with van der Waals surface area (Å²) in [7, 11) is 0. The van der Waals surface area contributed by atoms with E-state index in [-0.39, 0.29) is 5.97 Å². The highest BCUT2D eigenvalue weighted by molar-refractivity contribution is 6.18. The van der Waals surface area contributed by atoms with Crippen LogP contribution >= 0.6 is 11.6 Å². The molecule has 0 aromatic heterocycles. The normalized spacial score (nSPS) is 10.9. The Balaban J connectivity index is 3.04. The van der Waals surface area contributed by atoms with E-state index in [2.05, 4.69) is 6.92 Å². The van der Waals surface area contributed by atoms with Gasteiger partial charge in [-0.25, -0.2) is 0 Å². The van der Waals surface area contributed by atoms with Crippen LogP contribution in [0, 0.1) is 0 Å². The quantitative estimate of drug-likeness (QED) is 0.151. The van der Waals surface area contributed by atoms with Gasteiger partial charge in [-0.15, -0.1) is 11.6 Å². The Morgan fingerprint density at radius 3 is 1.48 bits per heavy atom. The molecule has 0 aromatic carbocycles. The van der Waals surface area contributed by atoms with Crippen molar-refractivity contribution in [3.05, 3.63) is 0 Å². The molecule has 0 fully saturated rings. The maximum Gasteiger partial charge on any atom is 0.305 e. The van der Waals surface area contributed by atoms with Crippen molar-refractivity contribution in [3.8, 4) is 0 Å². The maximum absolute atomic E-state index is 11.3. The molecule has 0 rings (SSSR count). The molecular formula is C20H39ClO2. The van der Waals surface area contributed by atoms with Crippen LogP contribution in [0.4, 0.5) is 0 Å². The molecule has 0 bridgehead atoms. The molecule has 0 N–H and O–H groups in total. The monoisotopic (exact) mass is 346 g/mol. The molecule has 0 spiro atoms. The van der Waals surface area contributed by atoms with E-state index in [4.69, 9.17) is 16.3 Å². The van der Waals surface area contributed by atoms with E-state index in [1.54, 1.807) is 0 Å². The molecular weight excluding hydrogens is 308 g/mol. The molecule has 3 heteroatoms. The number of alkyl halides is 1. The third kappa shape index (κ3) is 19.7. The summed E-state index contributed by atoms with van der Waals surface area (Å²) in [4.78, 5) is 11.3. The van der Waals surface area contributed by atoms with Crippen molar-refractivity contribution in [2.75, 3.05) is 12.5 Å². The highest BCUT2D eigenvalue weighted by atomic mass is 35.5. The highest BCUT2D eigenvalue weighted by Crippen LogP contribution is 2.13. The standard InChI is InChI=1S/C20H39ClO2/c1-2-3-4-5-6-7-8-9-10-11-12-13-14-15-16-17-20(22)23-19-18-21/h2-19H2,1H3. The van der Waals surface area contributed by atoms with Crippen LogP contribution in [0.2, 0.25) is 0 Å². The Labute approximate surface area is 149 Å². The number of hydrogen-bond donors (Lipinski definition) is 0. The molecule has 0 unspecified atom stereocenters. The molecule has 138 valence electrons. The van der Waals surface area contributed by atoms with Gasteiger partial charge in [0.15, 0.2) is 0 Å². The summed E-state index contributed by atoms with van der Waals surface area (Å²) in [5, 5.41) is 0. The highest BCUT2D eigenvalue weighted by Gasteiger charge is 2.01. The van der Waals surface area contributed by atoms with Crippen LogP contribution in [-0.2, 0) is 9.53 Å². The van der Waals surface area contributed by atoms with Crippen LogP contribution in [0.3, 0.4) is 0 Å². The zero-order chi connectivity index (χ0) is 17.0. The Morgan fingerprint density at radius 2 is 1.09 bits per heavy atom. The van der Waals surface area contributed by atoms with Gasteiger partial charge < -0.3 is 4.74 Å². The number of rotatable bonds is 18. The average Bonchev–Trinajstić information content (AvgIpc) is 2.56. The van der Waals surface area contributed by atoms with E-state index in [0.29, 0.717) is 18.9 Å². The summed E-state index contributed by atoms with van der Waals surface area (Å²) in [5.74, 6) is 0.297. The molecule has 2 nitrogen and oxygen atoms in total. The number of halogens is 1. The van der Waals surface area contributed by atoms with Crippen molar-refractivity contribution < 1.29 is 9.53 Å². The summed E-state index contributed by atoms with van der Waals surface area (Å²) < 4.78 is 4.94. The van der Waals surface area contributed by atoms with Crippen molar-refractivity contribution in [1.82, 2.24) is 0 Å². The van der Waals surface area contributed by atoms with Crippen LogP contribution in [-0.4, -0.2) is 18.5 Å². The molecule has 0 aromatic rings. The van der Waals surface area contributed by atoms with Crippen LogP contribution in [0.1, 0.15) is 110 Å². The number of unbranched alkanes of at least 4 members (excludes halogenated alkanes) is 14. The minimum Gasteiger partial charge on any atom is -0.464 e. The number of carbonyl (C=O) groups excluding carboxylic acids is 1. The Bertz CT molecular complexity index is 244. The van der Waals surface area contributed by atoms with Gasteiger partial charge in [-0.2, -0.15) is 0 Å². The average molecular weight is 347 g/mol. The van der Waals surface area contributed by atoms with Crippen LogP contribution in [0.25, 0.3) is 0 Å². The molecule has 23 heavy (non-hydrogen) atoms.